The van der Waals surface area contributed by atoms with Crippen LogP contribution in [-0.4, -0.2) is 43.6 Å². The zero-order valence-corrected chi connectivity index (χ0v) is 16.6. The molecule has 1 aromatic heterocycles. The fourth-order valence-electron chi connectivity index (χ4n) is 6.57. The number of pyridine rings is 1. The highest BCUT2D eigenvalue weighted by Gasteiger charge is 2.50. The second kappa shape index (κ2) is 6.93. The van der Waals surface area contributed by atoms with Crippen molar-refractivity contribution in [3.05, 3.63) is 22.8 Å². The maximum absolute atomic E-state index is 12.9. The summed E-state index contributed by atoms with van der Waals surface area (Å²) in [6.07, 6.45) is 9.90. The Morgan fingerprint density at radius 1 is 1.19 bits per heavy atom. The second-order valence-electron chi connectivity index (χ2n) is 9.33. The highest BCUT2D eigenvalue weighted by molar-refractivity contribution is 6.36. The van der Waals surface area contributed by atoms with E-state index < -0.39 is 0 Å². The molecule has 0 atom stereocenters. The molecule has 146 valence electrons. The summed E-state index contributed by atoms with van der Waals surface area (Å²) in [5, 5.41) is 7.07. The van der Waals surface area contributed by atoms with Crippen molar-refractivity contribution in [3.8, 4) is 0 Å². The third kappa shape index (κ3) is 3.33. The Morgan fingerprint density at radius 3 is 2.44 bits per heavy atom. The van der Waals surface area contributed by atoms with Crippen LogP contribution in [0.2, 0.25) is 5.02 Å². The smallest absolute Gasteiger partial charge is 0.253 e. The Bertz CT molecular complexity index is 696. The molecule has 1 amide bonds. The van der Waals surface area contributed by atoms with E-state index >= 15 is 0 Å². The molecule has 27 heavy (non-hydrogen) atoms. The Balaban J connectivity index is 1.29. The molecule has 0 spiro atoms. The van der Waals surface area contributed by atoms with Gasteiger partial charge < -0.3 is 15.5 Å². The van der Waals surface area contributed by atoms with Crippen molar-refractivity contribution in [2.24, 2.45) is 23.2 Å². The third-order valence-electron chi connectivity index (χ3n) is 7.32. The number of carbonyl (C=O) groups is 1. The van der Waals surface area contributed by atoms with Gasteiger partial charge in [0.15, 0.2) is 0 Å². The van der Waals surface area contributed by atoms with Gasteiger partial charge in [-0.25, -0.2) is 4.98 Å². The van der Waals surface area contributed by atoms with Crippen molar-refractivity contribution >= 4 is 23.3 Å². The van der Waals surface area contributed by atoms with Gasteiger partial charge in [0.05, 0.1) is 10.6 Å². The number of hydrogen-bond acceptors (Lipinski definition) is 4. The van der Waals surface area contributed by atoms with Crippen molar-refractivity contribution in [2.45, 2.75) is 38.5 Å². The van der Waals surface area contributed by atoms with Gasteiger partial charge in [-0.1, -0.05) is 11.6 Å². The molecule has 4 bridgehead atoms. The van der Waals surface area contributed by atoms with Crippen molar-refractivity contribution in [2.75, 3.05) is 37.6 Å². The normalized spacial score (nSPS) is 34.7. The summed E-state index contributed by atoms with van der Waals surface area (Å²) < 4.78 is 0. The lowest BCUT2D eigenvalue weighted by Gasteiger charge is -2.56. The predicted octanol–water partition coefficient (Wildman–Crippen LogP) is 3.09. The lowest BCUT2D eigenvalue weighted by Crippen LogP contribution is -2.51. The van der Waals surface area contributed by atoms with Crippen molar-refractivity contribution < 1.29 is 4.79 Å². The molecule has 5 nitrogen and oxygen atoms in total. The van der Waals surface area contributed by atoms with E-state index in [1.165, 1.54) is 38.5 Å². The van der Waals surface area contributed by atoms with Crippen LogP contribution in [0.15, 0.2) is 12.3 Å². The molecule has 1 saturated heterocycles. The van der Waals surface area contributed by atoms with Crippen LogP contribution in [0, 0.1) is 23.2 Å². The van der Waals surface area contributed by atoms with E-state index in [0.717, 1.165) is 56.3 Å². The summed E-state index contributed by atoms with van der Waals surface area (Å²) in [6, 6.07) is 1.75. The average molecular weight is 389 g/mol. The molecule has 0 radical (unpaired) electrons. The largest absolute Gasteiger partial charge is 0.353 e. The van der Waals surface area contributed by atoms with Gasteiger partial charge in [0.1, 0.15) is 5.82 Å². The molecule has 2 N–H and O–H groups in total. The summed E-state index contributed by atoms with van der Waals surface area (Å²) >= 11 is 6.61. The van der Waals surface area contributed by atoms with Crippen LogP contribution in [-0.2, 0) is 0 Å². The van der Waals surface area contributed by atoms with Gasteiger partial charge in [0.2, 0.25) is 0 Å². The molecule has 0 unspecified atom stereocenters. The van der Waals surface area contributed by atoms with Gasteiger partial charge in [-0.3, -0.25) is 4.79 Å². The van der Waals surface area contributed by atoms with Crippen molar-refractivity contribution in [1.82, 2.24) is 15.6 Å². The quantitative estimate of drug-likeness (QED) is 0.832. The first-order chi connectivity index (χ1) is 13.1. The van der Waals surface area contributed by atoms with Crippen LogP contribution in [0.1, 0.15) is 48.9 Å². The minimum Gasteiger partial charge on any atom is -0.353 e. The van der Waals surface area contributed by atoms with Gasteiger partial charge in [-0.15, -0.1) is 0 Å². The first-order valence-corrected chi connectivity index (χ1v) is 10.9. The number of nitrogens with one attached hydrogen (secondary N) is 2. The summed E-state index contributed by atoms with van der Waals surface area (Å²) in [7, 11) is 0. The summed E-state index contributed by atoms with van der Waals surface area (Å²) in [6.45, 7) is 4.37. The molecule has 5 aliphatic rings. The zero-order chi connectivity index (χ0) is 18.4. The van der Waals surface area contributed by atoms with Gasteiger partial charge in [0, 0.05) is 38.9 Å². The Kier molecular flexibility index (Phi) is 4.55. The molecule has 4 saturated carbocycles. The van der Waals surface area contributed by atoms with Crippen LogP contribution >= 0.6 is 11.6 Å². The average Bonchev–Trinajstić information content (AvgIpc) is 2.66. The predicted molar refractivity (Wildman–Crippen MR) is 107 cm³/mol. The van der Waals surface area contributed by atoms with Crippen molar-refractivity contribution in [3.63, 3.8) is 0 Å². The van der Waals surface area contributed by atoms with E-state index in [4.69, 9.17) is 11.6 Å². The molecule has 0 aromatic carbocycles. The van der Waals surface area contributed by atoms with E-state index in [-0.39, 0.29) is 5.91 Å². The molecule has 1 aliphatic heterocycles. The first-order valence-electron chi connectivity index (χ1n) is 10.5. The van der Waals surface area contributed by atoms with Gasteiger partial charge >= 0.3 is 0 Å². The highest BCUT2D eigenvalue weighted by Crippen LogP contribution is 2.59. The van der Waals surface area contributed by atoms with E-state index in [0.29, 0.717) is 16.0 Å². The number of anilines is 1. The lowest BCUT2D eigenvalue weighted by molar-refractivity contribution is -0.0503. The van der Waals surface area contributed by atoms with Crippen molar-refractivity contribution in [1.29, 1.82) is 0 Å². The summed E-state index contributed by atoms with van der Waals surface area (Å²) in [4.78, 5) is 19.5. The number of amides is 1. The minimum absolute atomic E-state index is 0.0467. The topological polar surface area (TPSA) is 57.3 Å². The van der Waals surface area contributed by atoms with Gasteiger partial charge in [-0.2, -0.15) is 0 Å². The fraction of sp³-hybridized carbons (Fsp3) is 0.714. The number of piperazine rings is 1. The Morgan fingerprint density at radius 2 is 1.81 bits per heavy atom. The van der Waals surface area contributed by atoms with E-state index in [1.54, 1.807) is 12.3 Å². The van der Waals surface area contributed by atoms with E-state index in [2.05, 4.69) is 20.5 Å². The number of hydrogen-bond donors (Lipinski definition) is 2. The Labute approximate surface area is 166 Å². The minimum atomic E-state index is -0.0467. The first kappa shape index (κ1) is 17.7. The maximum Gasteiger partial charge on any atom is 0.253 e. The van der Waals surface area contributed by atoms with E-state index in [9.17, 15) is 4.79 Å². The third-order valence-corrected chi connectivity index (χ3v) is 7.69. The molecule has 2 heterocycles. The SMILES string of the molecule is O=C(NCC12CC3CC(CC(C3)C1)C2)c1ccnc(N2CCNCC2)c1Cl. The standard InChI is InChI=1S/C21H29ClN4O/c22-18-17(1-2-24-19(18)26-5-3-23-4-6-26)20(27)25-13-21-10-14-7-15(11-21)9-16(8-14)12-21/h1-2,14-16,23H,3-13H2,(H,25,27). The lowest BCUT2D eigenvalue weighted by atomic mass is 9.49. The number of carbonyl (C=O) groups excluding carboxylic acids is 1. The number of nitrogens with zero attached hydrogens (tertiary/aromatic N) is 2. The van der Waals surface area contributed by atoms with Crippen LogP contribution in [0.4, 0.5) is 5.82 Å². The molecule has 1 aromatic rings. The monoisotopic (exact) mass is 388 g/mol. The molecular weight excluding hydrogens is 360 g/mol. The van der Waals surface area contributed by atoms with Crippen LogP contribution < -0.4 is 15.5 Å². The number of aromatic nitrogens is 1. The highest BCUT2D eigenvalue weighted by atomic mass is 35.5. The number of halogens is 1. The van der Waals surface area contributed by atoms with E-state index in [1.807, 2.05) is 0 Å². The maximum atomic E-state index is 12.9. The molecule has 4 aliphatic carbocycles. The van der Waals surface area contributed by atoms with Crippen LogP contribution in [0.3, 0.4) is 0 Å². The van der Waals surface area contributed by atoms with Crippen LogP contribution in [0.5, 0.6) is 0 Å². The summed E-state index contributed by atoms with van der Waals surface area (Å²) in [5.41, 5.74) is 0.899. The second-order valence-corrected chi connectivity index (χ2v) is 9.71. The van der Waals surface area contributed by atoms with Crippen LogP contribution in [0.25, 0.3) is 0 Å². The molecular formula is C21H29ClN4O. The summed E-state index contributed by atoms with van der Waals surface area (Å²) in [5.74, 6) is 3.39. The zero-order valence-electron chi connectivity index (χ0n) is 15.8. The van der Waals surface area contributed by atoms with Gasteiger partial charge in [-0.05, 0) is 67.8 Å². The molecule has 6 heteroatoms. The van der Waals surface area contributed by atoms with Gasteiger partial charge in [0.25, 0.3) is 5.91 Å². The Hall–Kier alpha value is -1.33. The fourth-order valence-corrected chi connectivity index (χ4v) is 6.89. The number of rotatable bonds is 4. The molecule has 6 rings (SSSR count). The molecule has 5 fully saturated rings.